The van der Waals surface area contributed by atoms with E-state index in [2.05, 4.69) is 4.90 Å². The lowest BCUT2D eigenvalue weighted by atomic mass is 10.2. The maximum atomic E-state index is 12.4. The van der Waals surface area contributed by atoms with E-state index in [0.29, 0.717) is 27.3 Å². The maximum Gasteiger partial charge on any atom is 0.264 e. The summed E-state index contributed by atoms with van der Waals surface area (Å²) in [5, 5.41) is 1.16. The van der Waals surface area contributed by atoms with Crippen molar-refractivity contribution in [1.82, 2.24) is 4.90 Å². The van der Waals surface area contributed by atoms with Crippen LogP contribution in [0.1, 0.15) is 9.67 Å². The normalized spacial score (nSPS) is 15.2. The average Bonchev–Trinajstić information content (AvgIpc) is 2.86. The molecule has 116 valence electrons. The van der Waals surface area contributed by atoms with Gasteiger partial charge in [0.25, 0.3) is 5.91 Å². The molecule has 2 aromatic rings. The fraction of sp³-hybridized carbons (Fsp3) is 0.267. The van der Waals surface area contributed by atoms with Crippen molar-refractivity contribution < 1.29 is 4.79 Å². The van der Waals surface area contributed by atoms with Crippen molar-refractivity contribution in [3.05, 3.63) is 49.6 Å². The molecule has 2 heterocycles. The molecule has 1 aliphatic rings. The van der Waals surface area contributed by atoms with E-state index in [-0.39, 0.29) is 5.91 Å². The summed E-state index contributed by atoms with van der Waals surface area (Å²) in [6.45, 7) is 2.88. The Morgan fingerprint density at radius 1 is 1.05 bits per heavy atom. The Balaban J connectivity index is 1.65. The van der Waals surface area contributed by atoms with E-state index in [9.17, 15) is 4.79 Å². The van der Waals surface area contributed by atoms with E-state index < -0.39 is 0 Å². The lowest BCUT2D eigenvalue weighted by molar-refractivity contribution is 0.0751. The van der Waals surface area contributed by atoms with Gasteiger partial charge >= 0.3 is 0 Å². The summed E-state index contributed by atoms with van der Waals surface area (Å²) in [6, 6.07) is 9.40. The molecule has 1 amide bonds. The van der Waals surface area contributed by atoms with Gasteiger partial charge in [-0.25, -0.2) is 0 Å². The molecule has 0 N–H and O–H groups in total. The number of thiophene rings is 1. The lowest BCUT2D eigenvalue weighted by Crippen LogP contribution is -2.48. The van der Waals surface area contributed by atoms with Crippen molar-refractivity contribution in [2.24, 2.45) is 0 Å². The van der Waals surface area contributed by atoms with Crippen molar-refractivity contribution in [3.63, 3.8) is 0 Å². The van der Waals surface area contributed by atoms with Crippen molar-refractivity contribution in [2.75, 3.05) is 31.1 Å². The summed E-state index contributed by atoms with van der Waals surface area (Å²) >= 11 is 19.1. The maximum absolute atomic E-state index is 12.4. The number of carbonyl (C=O) groups excluding carboxylic acids is 1. The molecule has 0 saturated carbocycles. The molecule has 0 aliphatic carbocycles. The quantitative estimate of drug-likeness (QED) is 0.761. The topological polar surface area (TPSA) is 23.6 Å². The number of rotatable bonds is 2. The van der Waals surface area contributed by atoms with E-state index in [0.717, 1.165) is 23.8 Å². The largest absolute Gasteiger partial charge is 0.368 e. The van der Waals surface area contributed by atoms with Crippen LogP contribution >= 0.6 is 46.1 Å². The van der Waals surface area contributed by atoms with Crippen molar-refractivity contribution in [2.45, 2.75) is 0 Å². The molecule has 0 atom stereocenters. The number of hydrogen-bond donors (Lipinski definition) is 0. The Hall–Kier alpha value is -0.940. The van der Waals surface area contributed by atoms with Gasteiger partial charge in [0.15, 0.2) is 0 Å². The van der Waals surface area contributed by atoms with Gasteiger partial charge in [-0.15, -0.1) is 11.3 Å². The number of benzene rings is 1. The van der Waals surface area contributed by atoms with Gasteiger partial charge < -0.3 is 9.80 Å². The second-order valence-electron chi connectivity index (χ2n) is 4.99. The van der Waals surface area contributed by atoms with Gasteiger partial charge in [0, 0.05) is 36.9 Å². The molecule has 1 aromatic heterocycles. The van der Waals surface area contributed by atoms with Crippen LogP contribution in [-0.2, 0) is 0 Å². The molecular formula is C15H13Cl3N2OS. The molecule has 1 saturated heterocycles. The number of halogens is 3. The van der Waals surface area contributed by atoms with E-state index >= 15 is 0 Å². The van der Waals surface area contributed by atoms with Crippen LogP contribution in [0, 0.1) is 0 Å². The van der Waals surface area contributed by atoms with Crippen molar-refractivity contribution in [3.8, 4) is 0 Å². The summed E-state index contributed by atoms with van der Waals surface area (Å²) in [7, 11) is 0. The highest BCUT2D eigenvalue weighted by atomic mass is 35.5. The molecule has 1 aromatic carbocycles. The van der Waals surface area contributed by atoms with Crippen LogP contribution in [0.25, 0.3) is 0 Å². The number of nitrogens with zero attached hydrogens (tertiary/aromatic N) is 2. The molecule has 22 heavy (non-hydrogen) atoms. The van der Waals surface area contributed by atoms with Crippen molar-refractivity contribution in [1.29, 1.82) is 0 Å². The number of piperazine rings is 1. The Morgan fingerprint density at radius 2 is 1.77 bits per heavy atom. The average molecular weight is 376 g/mol. The van der Waals surface area contributed by atoms with Crippen LogP contribution in [0.4, 0.5) is 5.69 Å². The Kier molecular flexibility index (Phi) is 4.83. The Labute approximate surface area is 148 Å². The van der Waals surface area contributed by atoms with Gasteiger partial charge in [-0.1, -0.05) is 40.9 Å². The molecule has 0 spiro atoms. The molecule has 1 aliphatic heterocycles. The van der Waals surface area contributed by atoms with Gasteiger partial charge in [0.05, 0.1) is 9.90 Å². The minimum absolute atomic E-state index is 0.00968. The minimum Gasteiger partial charge on any atom is -0.368 e. The van der Waals surface area contributed by atoms with E-state index in [1.807, 2.05) is 29.2 Å². The highest BCUT2D eigenvalue weighted by Gasteiger charge is 2.24. The van der Waals surface area contributed by atoms with Gasteiger partial charge in [0.1, 0.15) is 4.34 Å². The third kappa shape index (κ3) is 3.35. The predicted octanol–water partition coefficient (Wildman–Crippen LogP) is 4.67. The summed E-state index contributed by atoms with van der Waals surface area (Å²) < 4.78 is 0.461. The molecule has 1 fully saturated rings. The first-order chi connectivity index (χ1) is 10.5. The highest BCUT2D eigenvalue weighted by Crippen LogP contribution is 2.32. The van der Waals surface area contributed by atoms with Gasteiger partial charge in [-0.2, -0.15) is 0 Å². The van der Waals surface area contributed by atoms with E-state index in [4.69, 9.17) is 34.8 Å². The van der Waals surface area contributed by atoms with Crippen LogP contribution in [0.5, 0.6) is 0 Å². The van der Waals surface area contributed by atoms with Gasteiger partial charge in [0.2, 0.25) is 0 Å². The van der Waals surface area contributed by atoms with Crippen LogP contribution in [-0.4, -0.2) is 37.0 Å². The smallest absolute Gasteiger partial charge is 0.264 e. The second kappa shape index (κ2) is 6.67. The van der Waals surface area contributed by atoms with Gasteiger partial charge in [-0.3, -0.25) is 4.79 Å². The fourth-order valence-corrected chi connectivity index (χ4v) is 3.97. The molecule has 0 unspecified atom stereocenters. The lowest BCUT2D eigenvalue weighted by Gasteiger charge is -2.36. The van der Waals surface area contributed by atoms with Crippen LogP contribution in [0.15, 0.2) is 30.3 Å². The standard InChI is InChI=1S/C15H13Cl3N2OS/c16-10-2-1-3-11(8-10)19-4-6-20(7-5-19)15(21)13-9-12(17)14(18)22-13/h1-3,8-9H,4-7H2. The number of amides is 1. The van der Waals surface area contributed by atoms with Crippen LogP contribution < -0.4 is 4.90 Å². The molecule has 0 radical (unpaired) electrons. The number of carbonyl (C=O) groups is 1. The zero-order valence-electron chi connectivity index (χ0n) is 11.6. The summed E-state index contributed by atoms with van der Waals surface area (Å²) in [5.74, 6) is -0.00968. The zero-order valence-corrected chi connectivity index (χ0v) is 14.6. The first kappa shape index (κ1) is 15.9. The minimum atomic E-state index is -0.00968. The third-order valence-electron chi connectivity index (χ3n) is 3.60. The van der Waals surface area contributed by atoms with Crippen molar-refractivity contribution >= 4 is 57.7 Å². The van der Waals surface area contributed by atoms with Crippen LogP contribution in [0.3, 0.4) is 0 Å². The molecular weight excluding hydrogens is 363 g/mol. The number of hydrogen-bond acceptors (Lipinski definition) is 3. The summed E-state index contributed by atoms with van der Waals surface area (Å²) in [4.78, 5) is 17.1. The van der Waals surface area contributed by atoms with E-state index in [1.54, 1.807) is 6.07 Å². The molecule has 3 rings (SSSR count). The highest BCUT2D eigenvalue weighted by molar-refractivity contribution is 7.18. The summed E-state index contributed by atoms with van der Waals surface area (Å²) in [6.07, 6.45) is 0. The zero-order chi connectivity index (χ0) is 15.7. The Bertz CT molecular complexity index is 676. The van der Waals surface area contributed by atoms with E-state index in [1.165, 1.54) is 11.3 Å². The van der Waals surface area contributed by atoms with Crippen LogP contribution in [0.2, 0.25) is 14.4 Å². The monoisotopic (exact) mass is 374 g/mol. The second-order valence-corrected chi connectivity index (χ2v) is 7.49. The first-order valence-electron chi connectivity index (χ1n) is 6.79. The number of anilines is 1. The molecule has 0 bridgehead atoms. The molecule has 7 heteroatoms. The first-order valence-corrected chi connectivity index (χ1v) is 8.74. The Morgan fingerprint density at radius 3 is 2.36 bits per heavy atom. The third-order valence-corrected chi connectivity index (χ3v) is 5.68. The van der Waals surface area contributed by atoms with Gasteiger partial charge in [-0.05, 0) is 24.3 Å². The summed E-state index contributed by atoms with van der Waals surface area (Å²) in [5.41, 5.74) is 1.09. The molecule has 3 nitrogen and oxygen atoms in total. The predicted molar refractivity (Wildman–Crippen MR) is 93.9 cm³/mol. The SMILES string of the molecule is O=C(c1cc(Cl)c(Cl)s1)N1CCN(c2cccc(Cl)c2)CC1. The fourth-order valence-electron chi connectivity index (χ4n) is 2.45.